The first kappa shape index (κ1) is 17.2. The van der Waals surface area contributed by atoms with Crippen LogP contribution in [0.4, 0.5) is 0 Å². The molecule has 0 bridgehead atoms. The number of benzene rings is 1. The number of amides is 1. The molecule has 1 saturated heterocycles. The first-order valence-electron chi connectivity index (χ1n) is 7.83. The van der Waals surface area contributed by atoms with Crippen LogP contribution in [0.2, 0.25) is 5.02 Å². The molecule has 1 aliphatic heterocycles. The Morgan fingerprint density at radius 1 is 1.22 bits per heavy atom. The quantitative estimate of drug-likeness (QED) is 0.749. The van der Waals surface area contributed by atoms with Crippen molar-refractivity contribution in [3.63, 3.8) is 0 Å². The van der Waals surface area contributed by atoms with E-state index < -0.39 is 9.84 Å². The van der Waals surface area contributed by atoms with E-state index in [1.165, 1.54) is 0 Å². The first-order chi connectivity index (χ1) is 10.9. The highest BCUT2D eigenvalue weighted by molar-refractivity contribution is 9.10. The second-order valence-corrected chi connectivity index (χ2v) is 9.72. The summed E-state index contributed by atoms with van der Waals surface area (Å²) < 4.78 is 25.9. The summed E-state index contributed by atoms with van der Waals surface area (Å²) in [5, 5.41) is 0.251. The molecular weight excluding hydrogens is 402 g/mol. The molecule has 23 heavy (non-hydrogen) atoms. The zero-order valence-electron chi connectivity index (χ0n) is 12.7. The predicted octanol–water partition coefficient (Wildman–Crippen LogP) is 3.52. The molecule has 0 unspecified atom stereocenters. The first-order valence-corrected chi connectivity index (χ1v) is 10.7. The Kier molecular flexibility index (Phi) is 5.04. The van der Waals surface area contributed by atoms with Crippen LogP contribution < -0.4 is 0 Å². The molecule has 1 aromatic carbocycles. The molecule has 3 rings (SSSR count). The molecule has 2 aliphatic rings. The van der Waals surface area contributed by atoms with Crippen LogP contribution in [-0.4, -0.2) is 38.1 Å². The van der Waals surface area contributed by atoms with Crippen molar-refractivity contribution in [2.75, 3.05) is 18.8 Å². The third-order valence-corrected chi connectivity index (χ3v) is 7.39. The fraction of sp³-hybridized carbons (Fsp3) is 0.562. The van der Waals surface area contributed by atoms with E-state index in [0.29, 0.717) is 13.1 Å². The zero-order chi connectivity index (χ0) is 16.6. The summed E-state index contributed by atoms with van der Waals surface area (Å²) in [6.07, 6.45) is 3.50. The maximum absolute atomic E-state index is 12.6. The Morgan fingerprint density at radius 3 is 2.43 bits per heavy atom. The Bertz CT molecular complexity index is 710. The number of carbonyl (C=O) groups is 1. The number of nitrogens with zero attached hydrogens (tertiary/aromatic N) is 1. The molecule has 1 aliphatic carbocycles. The van der Waals surface area contributed by atoms with E-state index in [-0.39, 0.29) is 33.4 Å². The van der Waals surface area contributed by atoms with Crippen LogP contribution in [-0.2, 0) is 14.6 Å². The number of carbonyl (C=O) groups excluding carboxylic acids is 1. The van der Waals surface area contributed by atoms with Crippen LogP contribution in [0.15, 0.2) is 27.6 Å². The molecule has 0 aromatic heterocycles. The van der Waals surface area contributed by atoms with Gasteiger partial charge in [0, 0.05) is 23.5 Å². The molecule has 1 aromatic rings. The number of halogens is 2. The second-order valence-electron chi connectivity index (χ2n) is 6.40. The van der Waals surface area contributed by atoms with E-state index in [2.05, 4.69) is 15.9 Å². The summed E-state index contributed by atoms with van der Waals surface area (Å²) in [6, 6.07) is 4.84. The number of piperidine rings is 1. The molecule has 1 amide bonds. The third-order valence-electron chi connectivity index (χ3n) is 4.54. The molecule has 0 spiro atoms. The highest BCUT2D eigenvalue weighted by Crippen LogP contribution is 2.33. The Balaban J connectivity index is 1.62. The summed E-state index contributed by atoms with van der Waals surface area (Å²) in [5.41, 5.74) is 0. The number of rotatable bonds is 4. The van der Waals surface area contributed by atoms with Gasteiger partial charge in [0.25, 0.3) is 0 Å². The van der Waals surface area contributed by atoms with Crippen LogP contribution in [0.25, 0.3) is 0 Å². The third kappa shape index (κ3) is 4.09. The molecule has 0 radical (unpaired) electrons. The van der Waals surface area contributed by atoms with Gasteiger partial charge < -0.3 is 4.90 Å². The smallest absolute Gasteiger partial charge is 0.225 e. The summed E-state index contributed by atoms with van der Waals surface area (Å²) in [5.74, 6) is 0.668. The van der Waals surface area contributed by atoms with E-state index in [4.69, 9.17) is 11.6 Å². The number of likely N-dealkylation sites (tertiary alicyclic amines) is 1. The summed E-state index contributed by atoms with van der Waals surface area (Å²) >= 11 is 9.36. The van der Waals surface area contributed by atoms with Gasteiger partial charge in [0.05, 0.1) is 15.7 Å². The SMILES string of the molecule is O=C(C1CC1)N1CCC(CS(=O)(=O)c2ccc(Br)cc2Cl)CC1. The van der Waals surface area contributed by atoms with Crippen LogP contribution in [0.3, 0.4) is 0 Å². The van der Waals surface area contributed by atoms with E-state index in [1.54, 1.807) is 18.2 Å². The fourth-order valence-electron chi connectivity index (χ4n) is 3.04. The minimum atomic E-state index is -3.41. The fourth-order valence-corrected chi connectivity index (χ4v) is 5.83. The highest BCUT2D eigenvalue weighted by Gasteiger charge is 2.35. The summed E-state index contributed by atoms with van der Waals surface area (Å²) in [4.78, 5) is 14.1. The Labute approximate surface area is 150 Å². The van der Waals surface area contributed by atoms with Crippen molar-refractivity contribution in [3.05, 3.63) is 27.7 Å². The molecule has 126 valence electrons. The predicted molar refractivity (Wildman–Crippen MR) is 93.2 cm³/mol. The van der Waals surface area contributed by atoms with Gasteiger partial charge in [0.1, 0.15) is 0 Å². The minimum absolute atomic E-state index is 0.0861. The van der Waals surface area contributed by atoms with Gasteiger partial charge in [-0.05, 0) is 49.8 Å². The molecule has 4 nitrogen and oxygen atoms in total. The molecule has 2 fully saturated rings. The molecular formula is C16H19BrClNO3S. The van der Waals surface area contributed by atoms with Crippen LogP contribution in [0, 0.1) is 11.8 Å². The van der Waals surface area contributed by atoms with Gasteiger partial charge >= 0.3 is 0 Å². The van der Waals surface area contributed by atoms with Gasteiger partial charge in [-0.25, -0.2) is 8.42 Å². The van der Waals surface area contributed by atoms with Gasteiger partial charge in [0.2, 0.25) is 5.91 Å². The highest BCUT2D eigenvalue weighted by atomic mass is 79.9. The van der Waals surface area contributed by atoms with Gasteiger partial charge in [-0.15, -0.1) is 0 Å². The van der Waals surface area contributed by atoms with Crippen LogP contribution in [0.1, 0.15) is 25.7 Å². The standard InChI is InChI=1S/C16H19BrClNO3S/c17-13-3-4-15(14(18)9-13)23(21,22)10-11-5-7-19(8-6-11)16(20)12-1-2-12/h3-4,9,11-12H,1-2,5-8,10H2. The molecule has 1 heterocycles. The zero-order valence-corrected chi connectivity index (χ0v) is 15.8. The van der Waals surface area contributed by atoms with Gasteiger partial charge in [-0.2, -0.15) is 0 Å². The lowest BCUT2D eigenvalue weighted by Gasteiger charge is -2.32. The van der Waals surface area contributed by atoms with Crippen LogP contribution in [0.5, 0.6) is 0 Å². The Hall–Kier alpha value is -0.590. The van der Waals surface area contributed by atoms with Crippen molar-refractivity contribution in [3.8, 4) is 0 Å². The minimum Gasteiger partial charge on any atom is -0.342 e. The number of sulfone groups is 1. The van der Waals surface area contributed by atoms with Crippen molar-refractivity contribution in [2.45, 2.75) is 30.6 Å². The lowest BCUT2D eigenvalue weighted by Crippen LogP contribution is -2.40. The van der Waals surface area contributed by atoms with Crippen LogP contribution >= 0.6 is 27.5 Å². The monoisotopic (exact) mass is 419 g/mol. The molecule has 1 saturated carbocycles. The van der Waals surface area contributed by atoms with E-state index in [9.17, 15) is 13.2 Å². The molecule has 7 heteroatoms. The number of hydrogen-bond acceptors (Lipinski definition) is 3. The summed E-state index contributed by atoms with van der Waals surface area (Å²) in [6.45, 7) is 1.34. The second kappa shape index (κ2) is 6.73. The van der Waals surface area contributed by atoms with Gasteiger partial charge in [-0.3, -0.25) is 4.79 Å². The van der Waals surface area contributed by atoms with Crippen molar-refractivity contribution in [1.82, 2.24) is 4.90 Å². The average molecular weight is 421 g/mol. The maximum Gasteiger partial charge on any atom is 0.225 e. The summed E-state index contributed by atoms with van der Waals surface area (Å²) in [7, 11) is -3.41. The number of hydrogen-bond donors (Lipinski definition) is 0. The molecule has 0 N–H and O–H groups in total. The topological polar surface area (TPSA) is 54.5 Å². The van der Waals surface area contributed by atoms with Gasteiger partial charge in [-0.1, -0.05) is 27.5 Å². The van der Waals surface area contributed by atoms with E-state index in [0.717, 1.165) is 30.2 Å². The molecule has 0 atom stereocenters. The van der Waals surface area contributed by atoms with Crippen molar-refractivity contribution in [2.24, 2.45) is 11.8 Å². The normalized spacial score (nSPS) is 19.8. The van der Waals surface area contributed by atoms with E-state index >= 15 is 0 Å². The van der Waals surface area contributed by atoms with Crippen molar-refractivity contribution < 1.29 is 13.2 Å². The van der Waals surface area contributed by atoms with Gasteiger partial charge in [0.15, 0.2) is 9.84 Å². The average Bonchev–Trinajstić information content (AvgIpc) is 3.31. The van der Waals surface area contributed by atoms with Crippen molar-refractivity contribution in [1.29, 1.82) is 0 Å². The Morgan fingerprint density at radius 2 is 1.87 bits per heavy atom. The van der Waals surface area contributed by atoms with Crippen molar-refractivity contribution >= 4 is 43.3 Å². The lowest BCUT2D eigenvalue weighted by molar-refractivity contribution is -0.133. The van der Waals surface area contributed by atoms with E-state index in [1.807, 2.05) is 4.90 Å². The lowest BCUT2D eigenvalue weighted by atomic mass is 9.98. The largest absolute Gasteiger partial charge is 0.342 e. The maximum atomic E-state index is 12.6.